The SMILES string of the molecule is [O-]/C(=N\[n+]1ccccc1C(c1ccccc1)C1CC1)c1ccccc1. The van der Waals surface area contributed by atoms with Gasteiger partial charge in [-0.1, -0.05) is 65.3 Å². The van der Waals surface area contributed by atoms with Crippen molar-refractivity contribution in [1.29, 1.82) is 0 Å². The minimum Gasteiger partial charge on any atom is -0.854 e. The molecule has 2 aromatic carbocycles. The van der Waals surface area contributed by atoms with Crippen molar-refractivity contribution in [2.45, 2.75) is 18.8 Å². The van der Waals surface area contributed by atoms with Gasteiger partial charge in [0.05, 0.1) is 11.8 Å². The molecule has 1 aliphatic rings. The number of hydrogen-bond donors (Lipinski definition) is 0. The fourth-order valence-electron chi connectivity index (χ4n) is 3.30. The van der Waals surface area contributed by atoms with E-state index in [1.807, 2.05) is 42.6 Å². The molecule has 0 spiro atoms. The number of nitrogens with zero attached hydrogens (tertiary/aromatic N) is 2. The molecule has 1 saturated carbocycles. The normalized spacial score (nSPS) is 15.8. The van der Waals surface area contributed by atoms with Gasteiger partial charge in [0.2, 0.25) is 11.9 Å². The van der Waals surface area contributed by atoms with Gasteiger partial charge in [-0.05, 0) is 41.1 Å². The monoisotopic (exact) mass is 328 g/mol. The molecule has 4 rings (SSSR count). The molecular formula is C22H20N2O. The van der Waals surface area contributed by atoms with Crippen molar-refractivity contribution in [3.05, 3.63) is 102 Å². The Morgan fingerprint density at radius 3 is 2.20 bits per heavy atom. The Morgan fingerprint density at radius 2 is 1.52 bits per heavy atom. The van der Waals surface area contributed by atoms with E-state index in [2.05, 4.69) is 35.4 Å². The second kappa shape index (κ2) is 6.89. The quantitative estimate of drug-likeness (QED) is 0.403. The lowest BCUT2D eigenvalue weighted by Crippen LogP contribution is -2.39. The molecule has 1 atom stereocenters. The highest BCUT2D eigenvalue weighted by atomic mass is 16.3. The third-order valence-corrected chi connectivity index (χ3v) is 4.66. The van der Waals surface area contributed by atoms with Crippen LogP contribution in [0.4, 0.5) is 0 Å². The lowest BCUT2D eigenvalue weighted by atomic mass is 9.90. The molecule has 0 bridgehead atoms. The third kappa shape index (κ3) is 3.45. The summed E-state index contributed by atoms with van der Waals surface area (Å²) in [5.41, 5.74) is 2.96. The molecule has 25 heavy (non-hydrogen) atoms. The van der Waals surface area contributed by atoms with E-state index in [1.54, 1.807) is 16.8 Å². The second-order valence-electron chi connectivity index (χ2n) is 6.47. The van der Waals surface area contributed by atoms with E-state index in [9.17, 15) is 5.11 Å². The van der Waals surface area contributed by atoms with Gasteiger partial charge in [-0.2, -0.15) is 0 Å². The molecule has 3 nitrogen and oxygen atoms in total. The van der Waals surface area contributed by atoms with Crippen LogP contribution in [0.15, 0.2) is 90.2 Å². The summed E-state index contributed by atoms with van der Waals surface area (Å²) >= 11 is 0. The van der Waals surface area contributed by atoms with Gasteiger partial charge < -0.3 is 5.11 Å². The van der Waals surface area contributed by atoms with Gasteiger partial charge in [-0.15, -0.1) is 0 Å². The molecule has 0 saturated heterocycles. The van der Waals surface area contributed by atoms with Crippen LogP contribution in [0.5, 0.6) is 0 Å². The zero-order chi connectivity index (χ0) is 17.1. The fraction of sp³-hybridized carbons (Fsp3) is 0.182. The summed E-state index contributed by atoms with van der Waals surface area (Å²) in [6.07, 6.45) is 4.32. The Labute approximate surface area is 147 Å². The average Bonchev–Trinajstić information content (AvgIpc) is 3.50. The zero-order valence-corrected chi connectivity index (χ0v) is 14.0. The first-order chi connectivity index (χ1) is 12.3. The molecule has 0 N–H and O–H groups in total. The summed E-state index contributed by atoms with van der Waals surface area (Å²) in [6, 6.07) is 25.7. The van der Waals surface area contributed by atoms with Crippen LogP contribution >= 0.6 is 0 Å². The Morgan fingerprint density at radius 1 is 0.880 bits per heavy atom. The van der Waals surface area contributed by atoms with Crippen LogP contribution in [0.25, 0.3) is 0 Å². The van der Waals surface area contributed by atoms with E-state index >= 15 is 0 Å². The molecule has 3 aromatic rings. The summed E-state index contributed by atoms with van der Waals surface area (Å²) in [7, 11) is 0. The van der Waals surface area contributed by atoms with E-state index in [0.29, 0.717) is 11.5 Å². The van der Waals surface area contributed by atoms with Crippen LogP contribution < -0.4 is 9.78 Å². The molecule has 3 heteroatoms. The predicted molar refractivity (Wildman–Crippen MR) is 96.0 cm³/mol. The lowest BCUT2D eigenvalue weighted by molar-refractivity contribution is -0.690. The van der Waals surface area contributed by atoms with Gasteiger partial charge in [0.1, 0.15) is 0 Å². The summed E-state index contributed by atoms with van der Waals surface area (Å²) < 4.78 is 1.76. The molecule has 1 aromatic heterocycles. The average molecular weight is 328 g/mol. The molecule has 1 heterocycles. The number of pyridine rings is 1. The van der Waals surface area contributed by atoms with Gasteiger partial charge in [0.15, 0.2) is 0 Å². The Kier molecular flexibility index (Phi) is 4.30. The van der Waals surface area contributed by atoms with Gasteiger partial charge in [0, 0.05) is 12.1 Å². The van der Waals surface area contributed by atoms with Crippen molar-refractivity contribution in [3.63, 3.8) is 0 Å². The second-order valence-corrected chi connectivity index (χ2v) is 6.47. The van der Waals surface area contributed by atoms with Crippen LogP contribution in [-0.4, -0.2) is 5.90 Å². The van der Waals surface area contributed by atoms with Crippen molar-refractivity contribution in [3.8, 4) is 0 Å². The van der Waals surface area contributed by atoms with Crippen molar-refractivity contribution in [2.24, 2.45) is 11.0 Å². The first-order valence-corrected chi connectivity index (χ1v) is 8.70. The number of hydrogen-bond acceptors (Lipinski definition) is 2. The molecule has 0 amide bonds. The van der Waals surface area contributed by atoms with Gasteiger partial charge in [0.25, 0.3) is 0 Å². The number of rotatable bonds is 5. The van der Waals surface area contributed by atoms with Crippen molar-refractivity contribution < 1.29 is 9.78 Å². The van der Waals surface area contributed by atoms with E-state index in [-0.39, 0.29) is 11.8 Å². The Hall–Kier alpha value is -2.94. The van der Waals surface area contributed by atoms with Crippen molar-refractivity contribution >= 4 is 5.90 Å². The summed E-state index contributed by atoms with van der Waals surface area (Å²) in [5.74, 6) is 0.674. The summed E-state index contributed by atoms with van der Waals surface area (Å²) in [5, 5.41) is 16.9. The molecule has 124 valence electrons. The van der Waals surface area contributed by atoms with Crippen LogP contribution in [-0.2, 0) is 0 Å². The summed E-state index contributed by atoms with van der Waals surface area (Å²) in [6.45, 7) is 0. The van der Waals surface area contributed by atoms with Gasteiger partial charge >= 0.3 is 0 Å². The van der Waals surface area contributed by atoms with Crippen LogP contribution in [0, 0.1) is 5.92 Å². The first kappa shape index (κ1) is 15.6. The molecule has 1 aliphatic carbocycles. The van der Waals surface area contributed by atoms with E-state index in [1.165, 1.54) is 18.4 Å². The van der Waals surface area contributed by atoms with E-state index < -0.39 is 0 Å². The Balaban J connectivity index is 1.76. The topological polar surface area (TPSA) is 39.3 Å². The Bertz CT molecular complexity index is 871. The third-order valence-electron chi connectivity index (χ3n) is 4.66. The maximum absolute atomic E-state index is 12.5. The maximum atomic E-state index is 12.5. The largest absolute Gasteiger partial charge is 0.854 e. The van der Waals surface area contributed by atoms with Crippen LogP contribution in [0.2, 0.25) is 0 Å². The van der Waals surface area contributed by atoms with Crippen LogP contribution in [0.1, 0.15) is 35.6 Å². The number of aromatic nitrogens is 1. The van der Waals surface area contributed by atoms with E-state index in [0.717, 1.165) is 5.69 Å². The molecular weight excluding hydrogens is 308 g/mol. The van der Waals surface area contributed by atoms with Crippen molar-refractivity contribution in [2.75, 3.05) is 0 Å². The molecule has 0 aliphatic heterocycles. The molecule has 0 radical (unpaired) electrons. The zero-order valence-electron chi connectivity index (χ0n) is 14.0. The smallest absolute Gasteiger partial charge is 0.222 e. The maximum Gasteiger partial charge on any atom is 0.222 e. The predicted octanol–water partition coefficient (Wildman–Crippen LogP) is 3.09. The highest BCUT2D eigenvalue weighted by molar-refractivity contribution is 5.89. The minimum absolute atomic E-state index is 0.222. The standard InChI is InChI=1S/C22H20N2O/c25-22(19-11-5-2-6-12-19)23-24-16-8-7-13-20(24)21(18-14-15-18)17-9-3-1-4-10-17/h1-13,16,18,21H,14-15H2. The molecule has 1 unspecified atom stereocenters. The minimum atomic E-state index is -0.222. The highest BCUT2D eigenvalue weighted by Gasteiger charge is 2.38. The van der Waals surface area contributed by atoms with Crippen molar-refractivity contribution in [1.82, 2.24) is 0 Å². The van der Waals surface area contributed by atoms with Crippen LogP contribution in [0.3, 0.4) is 0 Å². The van der Waals surface area contributed by atoms with Gasteiger partial charge in [-0.25, -0.2) is 0 Å². The summed E-state index contributed by atoms with van der Waals surface area (Å²) in [4.78, 5) is 0. The van der Waals surface area contributed by atoms with E-state index in [4.69, 9.17) is 0 Å². The lowest BCUT2D eigenvalue weighted by Gasteiger charge is -2.14. The van der Waals surface area contributed by atoms with Gasteiger partial charge in [-0.3, -0.25) is 0 Å². The fourth-order valence-corrected chi connectivity index (χ4v) is 3.30. The first-order valence-electron chi connectivity index (χ1n) is 8.70. The number of benzene rings is 2. The highest BCUT2D eigenvalue weighted by Crippen LogP contribution is 2.45. The molecule has 1 fully saturated rings.